The van der Waals surface area contributed by atoms with E-state index in [4.69, 9.17) is 0 Å². The molecule has 24 heavy (non-hydrogen) atoms. The van der Waals surface area contributed by atoms with Crippen LogP contribution in [0.3, 0.4) is 0 Å². The molecule has 0 spiro atoms. The molecule has 2 aromatic heterocycles. The fraction of sp³-hybridized carbons (Fsp3) is 0.368. The van der Waals surface area contributed by atoms with Gasteiger partial charge in [0.1, 0.15) is 4.88 Å². The van der Waals surface area contributed by atoms with Gasteiger partial charge in [-0.15, -0.1) is 0 Å². The number of hydrogen-bond donors (Lipinski definition) is 1. The summed E-state index contributed by atoms with van der Waals surface area (Å²) in [4.78, 5) is 17.2. The highest BCUT2D eigenvalue weighted by Crippen LogP contribution is 2.30. The van der Waals surface area contributed by atoms with Crippen LogP contribution in [0.25, 0.3) is 16.2 Å². The molecule has 4 nitrogen and oxygen atoms in total. The number of rotatable bonds is 4. The second-order valence-electron chi connectivity index (χ2n) is 7.04. The summed E-state index contributed by atoms with van der Waals surface area (Å²) in [5.74, 6) is -0.870. The number of aryl methyl sites for hydroxylation is 1. The predicted octanol–water partition coefficient (Wildman–Crippen LogP) is 5.01. The number of aromatic nitrogens is 2. The largest absolute Gasteiger partial charge is 0.477 e. The first-order chi connectivity index (χ1) is 11.3. The van der Waals surface area contributed by atoms with Crippen molar-refractivity contribution >= 4 is 22.3 Å². The minimum Gasteiger partial charge on any atom is -0.477 e. The molecule has 3 rings (SSSR count). The van der Waals surface area contributed by atoms with E-state index in [2.05, 4.69) is 56.9 Å². The smallest absolute Gasteiger partial charge is 0.347 e. The molecule has 0 fully saturated rings. The molecule has 0 saturated carbocycles. The summed E-state index contributed by atoms with van der Waals surface area (Å²) in [6, 6.07) is 8.45. The van der Waals surface area contributed by atoms with Gasteiger partial charge in [0, 0.05) is 17.5 Å². The number of aromatic carboxylic acids is 1. The van der Waals surface area contributed by atoms with E-state index in [1.165, 1.54) is 16.9 Å². The first-order valence-corrected chi connectivity index (χ1v) is 8.98. The van der Waals surface area contributed by atoms with Crippen molar-refractivity contribution in [1.29, 1.82) is 0 Å². The highest BCUT2D eigenvalue weighted by atomic mass is 32.1. The summed E-state index contributed by atoms with van der Waals surface area (Å²) >= 11 is 1.25. The van der Waals surface area contributed by atoms with Crippen LogP contribution in [-0.4, -0.2) is 20.5 Å². The standard InChI is InChI=1S/C19H22N2O2S/c1-5-6-15-16(17(22)23)24-18-20-14(11-21(15)18)12-7-9-13(10-8-12)19(2,3)4/h7-11H,5-6H2,1-4H3,(H,22,23). The van der Waals surface area contributed by atoms with E-state index >= 15 is 0 Å². The maximum atomic E-state index is 11.4. The molecular weight excluding hydrogens is 320 g/mol. The SMILES string of the molecule is CCCc1c(C(=O)O)sc2nc(-c3ccc(C(C)(C)C)cc3)cn12. The van der Waals surface area contributed by atoms with Crippen LogP contribution >= 0.6 is 11.3 Å². The monoisotopic (exact) mass is 342 g/mol. The van der Waals surface area contributed by atoms with Crippen molar-refractivity contribution in [2.24, 2.45) is 0 Å². The van der Waals surface area contributed by atoms with Gasteiger partial charge in [-0.3, -0.25) is 4.40 Å². The van der Waals surface area contributed by atoms with Crippen LogP contribution in [0.4, 0.5) is 0 Å². The second-order valence-corrected chi connectivity index (χ2v) is 8.02. The number of thiazole rings is 1. The Balaban J connectivity index is 2.04. The van der Waals surface area contributed by atoms with Gasteiger partial charge < -0.3 is 5.11 Å². The van der Waals surface area contributed by atoms with Crippen molar-refractivity contribution in [1.82, 2.24) is 9.38 Å². The summed E-state index contributed by atoms with van der Waals surface area (Å²) in [6.45, 7) is 8.63. The number of benzene rings is 1. The maximum Gasteiger partial charge on any atom is 0.347 e. The molecule has 1 N–H and O–H groups in total. The Morgan fingerprint density at radius 3 is 2.46 bits per heavy atom. The fourth-order valence-electron chi connectivity index (χ4n) is 2.81. The topological polar surface area (TPSA) is 54.6 Å². The zero-order valence-electron chi connectivity index (χ0n) is 14.5. The molecule has 1 aromatic carbocycles. The normalized spacial score (nSPS) is 12.0. The minimum absolute atomic E-state index is 0.123. The van der Waals surface area contributed by atoms with Crippen LogP contribution in [0.1, 0.15) is 55.0 Å². The van der Waals surface area contributed by atoms with Gasteiger partial charge in [-0.25, -0.2) is 9.78 Å². The van der Waals surface area contributed by atoms with Crippen LogP contribution in [-0.2, 0) is 11.8 Å². The van der Waals surface area contributed by atoms with E-state index in [9.17, 15) is 9.90 Å². The summed E-state index contributed by atoms with van der Waals surface area (Å²) in [6.07, 6.45) is 3.59. The second kappa shape index (κ2) is 6.06. The highest BCUT2D eigenvalue weighted by Gasteiger charge is 2.20. The van der Waals surface area contributed by atoms with Gasteiger partial charge in [-0.05, 0) is 17.4 Å². The number of fused-ring (bicyclic) bond motifs is 1. The average molecular weight is 342 g/mol. The molecule has 0 saturated heterocycles. The average Bonchev–Trinajstić information content (AvgIpc) is 3.06. The van der Waals surface area contributed by atoms with Crippen molar-refractivity contribution in [3.63, 3.8) is 0 Å². The lowest BCUT2D eigenvalue weighted by Crippen LogP contribution is -2.10. The fourth-order valence-corrected chi connectivity index (χ4v) is 3.80. The molecule has 0 aliphatic rings. The van der Waals surface area contributed by atoms with E-state index in [1.54, 1.807) is 0 Å². The molecule has 3 aromatic rings. The number of carbonyl (C=O) groups is 1. The maximum absolute atomic E-state index is 11.4. The first-order valence-electron chi connectivity index (χ1n) is 8.16. The Hall–Kier alpha value is -2.14. The van der Waals surface area contributed by atoms with Gasteiger partial charge in [0.25, 0.3) is 0 Å². The Morgan fingerprint density at radius 1 is 1.25 bits per heavy atom. The van der Waals surface area contributed by atoms with E-state index in [0.29, 0.717) is 4.88 Å². The van der Waals surface area contributed by atoms with Crippen molar-refractivity contribution in [3.05, 3.63) is 46.6 Å². The third-order valence-electron chi connectivity index (χ3n) is 4.15. The van der Waals surface area contributed by atoms with E-state index in [1.807, 2.05) is 10.6 Å². The number of hydrogen-bond acceptors (Lipinski definition) is 3. The van der Waals surface area contributed by atoms with E-state index < -0.39 is 5.97 Å². The van der Waals surface area contributed by atoms with Gasteiger partial charge >= 0.3 is 5.97 Å². The van der Waals surface area contributed by atoms with Crippen molar-refractivity contribution < 1.29 is 9.90 Å². The lowest BCUT2D eigenvalue weighted by Gasteiger charge is -2.18. The third-order valence-corrected chi connectivity index (χ3v) is 5.23. The third kappa shape index (κ3) is 2.96. The minimum atomic E-state index is -0.870. The van der Waals surface area contributed by atoms with Gasteiger partial charge in [0.05, 0.1) is 5.69 Å². The Bertz CT molecular complexity index is 883. The Labute approximate surface area is 145 Å². The molecule has 2 heterocycles. The van der Waals surface area contributed by atoms with Crippen molar-refractivity contribution in [2.75, 3.05) is 0 Å². The molecule has 126 valence electrons. The van der Waals surface area contributed by atoms with Crippen LogP contribution < -0.4 is 0 Å². The molecule has 5 heteroatoms. The van der Waals surface area contributed by atoms with Crippen molar-refractivity contribution in [2.45, 2.75) is 46.0 Å². The molecule has 0 unspecified atom stereocenters. The van der Waals surface area contributed by atoms with E-state index in [0.717, 1.165) is 34.8 Å². The lowest BCUT2D eigenvalue weighted by atomic mass is 9.86. The molecule has 0 atom stereocenters. The van der Waals surface area contributed by atoms with Gasteiger partial charge in [0.15, 0.2) is 4.96 Å². The van der Waals surface area contributed by atoms with E-state index in [-0.39, 0.29) is 5.41 Å². The molecule has 0 radical (unpaired) electrons. The Morgan fingerprint density at radius 2 is 1.92 bits per heavy atom. The Kier molecular flexibility index (Phi) is 4.22. The lowest BCUT2D eigenvalue weighted by molar-refractivity contribution is 0.0700. The van der Waals surface area contributed by atoms with Gasteiger partial charge in [-0.1, -0.05) is 69.7 Å². The van der Waals surface area contributed by atoms with Crippen LogP contribution in [0, 0.1) is 0 Å². The molecule has 0 amide bonds. The van der Waals surface area contributed by atoms with Gasteiger partial charge in [-0.2, -0.15) is 0 Å². The molecular formula is C19H22N2O2S. The van der Waals surface area contributed by atoms with Crippen LogP contribution in [0.5, 0.6) is 0 Å². The number of carboxylic acid groups (broad SMARTS) is 1. The summed E-state index contributed by atoms with van der Waals surface area (Å²) in [7, 11) is 0. The molecule has 0 bridgehead atoms. The van der Waals surface area contributed by atoms with Crippen LogP contribution in [0.2, 0.25) is 0 Å². The number of nitrogens with zero attached hydrogens (tertiary/aromatic N) is 2. The van der Waals surface area contributed by atoms with Crippen molar-refractivity contribution in [3.8, 4) is 11.3 Å². The summed E-state index contributed by atoms with van der Waals surface area (Å²) in [5, 5.41) is 9.37. The summed E-state index contributed by atoms with van der Waals surface area (Å²) in [5.41, 5.74) is 4.19. The predicted molar refractivity (Wildman–Crippen MR) is 98.2 cm³/mol. The first kappa shape index (κ1) is 16.7. The molecule has 0 aliphatic carbocycles. The zero-order valence-corrected chi connectivity index (χ0v) is 15.3. The van der Waals surface area contributed by atoms with Crippen LogP contribution in [0.15, 0.2) is 30.5 Å². The zero-order chi connectivity index (χ0) is 17.5. The highest BCUT2D eigenvalue weighted by molar-refractivity contribution is 7.19. The molecule has 0 aliphatic heterocycles. The van der Waals surface area contributed by atoms with Gasteiger partial charge in [0.2, 0.25) is 0 Å². The summed E-state index contributed by atoms with van der Waals surface area (Å²) < 4.78 is 1.94. The number of carboxylic acids is 1. The number of imidazole rings is 1. The quantitative estimate of drug-likeness (QED) is 0.725.